The zero-order chi connectivity index (χ0) is 14.2. The molecule has 0 saturated heterocycles. The number of benzene rings is 1. The Labute approximate surface area is 110 Å². The molecule has 0 spiro atoms. The first kappa shape index (κ1) is 13.4. The van der Waals surface area contributed by atoms with Gasteiger partial charge in [-0.05, 0) is 17.7 Å². The summed E-state index contributed by atoms with van der Waals surface area (Å²) in [5, 5.41) is 1.85. The molecule has 1 heterocycles. The van der Waals surface area contributed by atoms with Gasteiger partial charge in [-0.2, -0.15) is 13.2 Å². The van der Waals surface area contributed by atoms with Gasteiger partial charge in [-0.15, -0.1) is 11.3 Å². The molecule has 0 unspecified atom stereocenters. The Morgan fingerprint density at radius 3 is 2.21 bits per heavy atom. The van der Waals surface area contributed by atoms with Crippen molar-refractivity contribution in [2.45, 2.75) is 6.18 Å². The van der Waals surface area contributed by atoms with E-state index in [4.69, 9.17) is 11.5 Å². The first-order valence-corrected chi connectivity index (χ1v) is 6.03. The summed E-state index contributed by atoms with van der Waals surface area (Å²) in [4.78, 5) is 11.3. The molecule has 0 aliphatic heterocycles. The molecule has 0 bridgehead atoms. The Morgan fingerprint density at radius 1 is 1.16 bits per heavy atom. The summed E-state index contributed by atoms with van der Waals surface area (Å²) in [7, 11) is 0. The van der Waals surface area contributed by atoms with Crippen LogP contribution in [0.4, 0.5) is 18.2 Å². The quantitative estimate of drug-likeness (QED) is 0.890. The Kier molecular flexibility index (Phi) is 3.23. The molecule has 0 saturated carbocycles. The molecule has 1 amide bonds. The van der Waals surface area contributed by atoms with Crippen molar-refractivity contribution in [1.29, 1.82) is 0 Å². The van der Waals surface area contributed by atoms with Gasteiger partial charge in [0.25, 0.3) is 5.91 Å². The van der Waals surface area contributed by atoms with Gasteiger partial charge in [-0.3, -0.25) is 4.79 Å². The fourth-order valence-corrected chi connectivity index (χ4v) is 2.51. The minimum Gasteiger partial charge on any atom is -0.390 e. The van der Waals surface area contributed by atoms with Crippen LogP contribution in [0.3, 0.4) is 0 Å². The number of nitrogen functional groups attached to an aromatic ring is 1. The van der Waals surface area contributed by atoms with E-state index in [0.717, 1.165) is 23.5 Å². The average molecular weight is 286 g/mol. The summed E-state index contributed by atoms with van der Waals surface area (Å²) in [5.41, 5.74) is 11.1. The van der Waals surface area contributed by atoms with Crippen LogP contribution in [0.1, 0.15) is 15.9 Å². The summed E-state index contributed by atoms with van der Waals surface area (Å²) in [6, 6.07) is 4.48. The molecule has 2 aromatic rings. The second-order valence-corrected chi connectivity index (χ2v) is 4.74. The topological polar surface area (TPSA) is 69.1 Å². The molecule has 4 N–H and O–H groups in total. The van der Waals surface area contributed by atoms with Gasteiger partial charge in [0, 0.05) is 10.9 Å². The molecular weight excluding hydrogens is 277 g/mol. The number of halogens is 3. The molecule has 0 radical (unpaired) electrons. The van der Waals surface area contributed by atoms with Crippen LogP contribution in [-0.4, -0.2) is 5.91 Å². The number of carbonyl (C=O) groups is 1. The summed E-state index contributed by atoms with van der Waals surface area (Å²) in [6.45, 7) is 0. The molecule has 100 valence electrons. The molecular formula is C12H9F3N2OS. The number of rotatable bonds is 2. The van der Waals surface area contributed by atoms with E-state index in [1.165, 1.54) is 12.1 Å². The number of amides is 1. The lowest BCUT2D eigenvalue weighted by Crippen LogP contribution is -2.13. The van der Waals surface area contributed by atoms with Crippen LogP contribution in [0.5, 0.6) is 0 Å². The minimum atomic E-state index is -4.39. The lowest BCUT2D eigenvalue weighted by Gasteiger charge is -2.07. The predicted molar refractivity (Wildman–Crippen MR) is 67.7 cm³/mol. The SMILES string of the molecule is NC(=O)c1c(-c2ccc(C(F)(F)F)cc2)csc1N. The molecule has 0 aliphatic carbocycles. The lowest BCUT2D eigenvalue weighted by atomic mass is 10.0. The maximum atomic E-state index is 12.4. The van der Waals surface area contributed by atoms with Crippen LogP contribution >= 0.6 is 11.3 Å². The zero-order valence-electron chi connectivity index (χ0n) is 9.49. The second kappa shape index (κ2) is 4.58. The van der Waals surface area contributed by atoms with Gasteiger partial charge in [0.15, 0.2) is 0 Å². The first-order valence-electron chi connectivity index (χ1n) is 5.15. The van der Waals surface area contributed by atoms with Crippen molar-refractivity contribution < 1.29 is 18.0 Å². The van der Waals surface area contributed by atoms with Crippen LogP contribution in [0.25, 0.3) is 11.1 Å². The fraction of sp³-hybridized carbons (Fsp3) is 0.0833. The summed E-state index contributed by atoms with van der Waals surface area (Å²) in [5.74, 6) is -0.700. The Balaban J connectivity index is 2.46. The third-order valence-electron chi connectivity index (χ3n) is 2.59. The van der Waals surface area contributed by atoms with Gasteiger partial charge < -0.3 is 11.5 Å². The fourth-order valence-electron chi connectivity index (χ4n) is 1.68. The van der Waals surface area contributed by atoms with Crippen LogP contribution in [0.15, 0.2) is 29.6 Å². The molecule has 1 aromatic carbocycles. The monoisotopic (exact) mass is 286 g/mol. The van der Waals surface area contributed by atoms with E-state index in [-0.39, 0.29) is 10.6 Å². The molecule has 1 aromatic heterocycles. The van der Waals surface area contributed by atoms with Gasteiger partial charge in [0.05, 0.1) is 16.1 Å². The van der Waals surface area contributed by atoms with Crippen molar-refractivity contribution >= 4 is 22.2 Å². The molecule has 0 atom stereocenters. The van der Waals surface area contributed by atoms with Crippen molar-refractivity contribution in [3.8, 4) is 11.1 Å². The van der Waals surface area contributed by atoms with E-state index in [0.29, 0.717) is 11.1 Å². The number of alkyl halides is 3. The number of hydrogen-bond donors (Lipinski definition) is 2. The van der Waals surface area contributed by atoms with Crippen molar-refractivity contribution in [3.63, 3.8) is 0 Å². The van der Waals surface area contributed by atoms with Crippen molar-refractivity contribution in [2.75, 3.05) is 5.73 Å². The average Bonchev–Trinajstić information content (AvgIpc) is 2.70. The molecule has 19 heavy (non-hydrogen) atoms. The van der Waals surface area contributed by atoms with E-state index in [2.05, 4.69) is 0 Å². The van der Waals surface area contributed by atoms with Crippen LogP contribution < -0.4 is 11.5 Å². The van der Waals surface area contributed by atoms with E-state index in [1.807, 2.05) is 0 Å². The van der Waals surface area contributed by atoms with E-state index in [1.54, 1.807) is 5.38 Å². The second-order valence-electron chi connectivity index (χ2n) is 3.83. The van der Waals surface area contributed by atoms with Crippen molar-refractivity contribution in [1.82, 2.24) is 0 Å². The maximum absolute atomic E-state index is 12.4. The number of thiophene rings is 1. The highest BCUT2D eigenvalue weighted by molar-refractivity contribution is 7.15. The molecule has 0 fully saturated rings. The van der Waals surface area contributed by atoms with Crippen molar-refractivity contribution in [2.24, 2.45) is 5.73 Å². The zero-order valence-corrected chi connectivity index (χ0v) is 10.3. The number of hydrogen-bond acceptors (Lipinski definition) is 3. The highest BCUT2D eigenvalue weighted by Crippen LogP contribution is 2.35. The smallest absolute Gasteiger partial charge is 0.390 e. The largest absolute Gasteiger partial charge is 0.416 e. The van der Waals surface area contributed by atoms with Crippen LogP contribution in [-0.2, 0) is 6.18 Å². The number of primary amides is 1. The Morgan fingerprint density at radius 2 is 1.74 bits per heavy atom. The predicted octanol–water partition coefficient (Wildman–Crippen LogP) is 3.12. The standard InChI is InChI=1S/C12H9F3N2OS/c13-12(14,15)7-3-1-6(2-4-7)8-5-19-11(17)9(8)10(16)18/h1-5H,17H2,(H2,16,18). The highest BCUT2D eigenvalue weighted by Gasteiger charge is 2.30. The van der Waals surface area contributed by atoms with Crippen molar-refractivity contribution in [3.05, 3.63) is 40.8 Å². The summed E-state index contributed by atoms with van der Waals surface area (Å²) in [6.07, 6.45) is -4.39. The third-order valence-corrected chi connectivity index (χ3v) is 3.40. The van der Waals surface area contributed by atoms with Gasteiger partial charge in [0.1, 0.15) is 0 Å². The van der Waals surface area contributed by atoms with E-state index < -0.39 is 17.6 Å². The van der Waals surface area contributed by atoms with E-state index >= 15 is 0 Å². The first-order chi connectivity index (χ1) is 8.80. The third kappa shape index (κ3) is 2.55. The van der Waals surface area contributed by atoms with Crippen LogP contribution in [0, 0.1) is 0 Å². The van der Waals surface area contributed by atoms with Gasteiger partial charge >= 0.3 is 6.18 Å². The van der Waals surface area contributed by atoms with Gasteiger partial charge in [-0.1, -0.05) is 12.1 Å². The lowest BCUT2D eigenvalue weighted by molar-refractivity contribution is -0.137. The van der Waals surface area contributed by atoms with Gasteiger partial charge in [-0.25, -0.2) is 0 Å². The number of carbonyl (C=O) groups excluding carboxylic acids is 1. The van der Waals surface area contributed by atoms with Gasteiger partial charge in [0.2, 0.25) is 0 Å². The molecule has 7 heteroatoms. The molecule has 3 nitrogen and oxygen atoms in total. The summed E-state index contributed by atoms with van der Waals surface area (Å²) >= 11 is 1.12. The van der Waals surface area contributed by atoms with E-state index in [9.17, 15) is 18.0 Å². The maximum Gasteiger partial charge on any atom is 0.416 e. The molecule has 2 rings (SSSR count). The van der Waals surface area contributed by atoms with Crippen LogP contribution in [0.2, 0.25) is 0 Å². The highest BCUT2D eigenvalue weighted by atomic mass is 32.1. The number of nitrogens with two attached hydrogens (primary N) is 2. The summed E-state index contributed by atoms with van der Waals surface area (Å²) < 4.78 is 37.3. The number of anilines is 1. The Hall–Kier alpha value is -2.02. The normalized spacial score (nSPS) is 11.5. The Bertz CT molecular complexity index is 617. The minimum absolute atomic E-state index is 0.143. The molecule has 0 aliphatic rings.